The number of furan rings is 1. The average molecular weight is 276 g/mol. The number of hydrogen-bond donors (Lipinski definition) is 1. The molecule has 0 bridgehead atoms. The van der Waals surface area contributed by atoms with Crippen LogP contribution in [-0.2, 0) is 6.54 Å². The maximum absolute atomic E-state index is 6.33. The van der Waals surface area contributed by atoms with Crippen molar-refractivity contribution >= 4 is 0 Å². The van der Waals surface area contributed by atoms with E-state index in [1.54, 1.807) is 6.26 Å². The van der Waals surface area contributed by atoms with Gasteiger partial charge in [-0.15, -0.1) is 0 Å². The van der Waals surface area contributed by atoms with Gasteiger partial charge in [-0.3, -0.25) is 4.90 Å². The van der Waals surface area contributed by atoms with Crippen molar-refractivity contribution in [2.75, 3.05) is 6.54 Å². The van der Waals surface area contributed by atoms with Gasteiger partial charge < -0.3 is 10.2 Å². The second-order valence-corrected chi connectivity index (χ2v) is 6.60. The third-order valence-electron chi connectivity index (χ3n) is 5.48. The van der Waals surface area contributed by atoms with E-state index in [0.717, 1.165) is 30.8 Å². The number of nitrogens with zero attached hydrogens (tertiary/aromatic N) is 1. The molecular formula is C17H28N2O. The smallest absolute Gasteiger partial charge is 0.117 e. The van der Waals surface area contributed by atoms with Gasteiger partial charge in [0.2, 0.25) is 0 Å². The van der Waals surface area contributed by atoms with Crippen LogP contribution in [-0.4, -0.2) is 23.0 Å². The first-order valence-electron chi connectivity index (χ1n) is 8.29. The van der Waals surface area contributed by atoms with Crippen LogP contribution < -0.4 is 5.73 Å². The monoisotopic (exact) mass is 276 g/mol. The molecule has 3 rings (SSSR count). The summed E-state index contributed by atoms with van der Waals surface area (Å²) in [4.78, 5) is 2.71. The molecule has 0 saturated heterocycles. The topological polar surface area (TPSA) is 42.4 Å². The second kappa shape index (κ2) is 5.90. The molecule has 0 aliphatic heterocycles. The zero-order chi connectivity index (χ0) is 14.0. The van der Waals surface area contributed by atoms with Gasteiger partial charge >= 0.3 is 0 Å². The fraction of sp³-hybridized carbons (Fsp3) is 0.765. The van der Waals surface area contributed by atoms with Crippen LogP contribution in [0.25, 0.3) is 0 Å². The summed E-state index contributed by atoms with van der Waals surface area (Å²) in [6.45, 7) is 4.06. The summed E-state index contributed by atoms with van der Waals surface area (Å²) in [5.41, 5.74) is 6.54. The minimum Gasteiger partial charge on any atom is -0.468 e. The Labute approximate surface area is 122 Å². The summed E-state index contributed by atoms with van der Waals surface area (Å²) < 4.78 is 5.61. The maximum Gasteiger partial charge on any atom is 0.117 e. The van der Waals surface area contributed by atoms with Crippen molar-refractivity contribution in [1.82, 2.24) is 4.90 Å². The molecule has 0 aromatic carbocycles. The summed E-state index contributed by atoms with van der Waals surface area (Å²) in [6, 6.07) is 4.83. The molecule has 1 aromatic heterocycles. The van der Waals surface area contributed by atoms with E-state index in [0.29, 0.717) is 0 Å². The van der Waals surface area contributed by atoms with E-state index in [9.17, 15) is 0 Å². The van der Waals surface area contributed by atoms with E-state index in [1.807, 2.05) is 6.07 Å². The van der Waals surface area contributed by atoms with Crippen molar-refractivity contribution in [3.05, 3.63) is 24.2 Å². The summed E-state index contributed by atoms with van der Waals surface area (Å²) in [5, 5.41) is 0. The highest BCUT2D eigenvalue weighted by molar-refractivity contribution is 5.08. The zero-order valence-corrected chi connectivity index (χ0v) is 12.7. The molecule has 3 nitrogen and oxygen atoms in total. The van der Waals surface area contributed by atoms with Crippen molar-refractivity contribution in [1.29, 1.82) is 0 Å². The Hall–Kier alpha value is -0.800. The van der Waals surface area contributed by atoms with Gasteiger partial charge in [-0.2, -0.15) is 0 Å². The lowest BCUT2D eigenvalue weighted by molar-refractivity contribution is -0.0128. The summed E-state index contributed by atoms with van der Waals surface area (Å²) in [6.07, 6.45) is 11.0. The Balaban J connectivity index is 1.86. The van der Waals surface area contributed by atoms with Gasteiger partial charge in [0.15, 0.2) is 0 Å². The second-order valence-electron chi connectivity index (χ2n) is 6.60. The first-order chi connectivity index (χ1) is 9.80. The largest absolute Gasteiger partial charge is 0.468 e. The molecule has 0 spiro atoms. The van der Waals surface area contributed by atoms with Crippen LogP contribution in [0.2, 0.25) is 0 Å². The van der Waals surface area contributed by atoms with Gasteiger partial charge in [0.05, 0.1) is 12.8 Å². The van der Waals surface area contributed by atoms with Gasteiger partial charge in [-0.25, -0.2) is 0 Å². The Morgan fingerprint density at radius 3 is 2.80 bits per heavy atom. The predicted octanol–water partition coefficient (Wildman–Crippen LogP) is 3.54. The van der Waals surface area contributed by atoms with Crippen molar-refractivity contribution in [3.63, 3.8) is 0 Å². The molecule has 2 atom stereocenters. The van der Waals surface area contributed by atoms with E-state index >= 15 is 0 Å². The Morgan fingerprint density at radius 1 is 1.35 bits per heavy atom. The number of nitrogens with two attached hydrogens (primary N) is 1. The molecule has 3 heteroatoms. The van der Waals surface area contributed by atoms with Gasteiger partial charge in [0.25, 0.3) is 0 Å². The average Bonchev–Trinajstić information content (AvgIpc) is 3.21. The molecular weight excluding hydrogens is 248 g/mol. The summed E-state index contributed by atoms with van der Waals surface area (Å²) in [7, 11) is 0. The third-order valence-corrected chi connectivity index (χ3v) is 5.48. The lowest BCUT2D eigenvalue weighted by Gasteiger charge is -2.51. The fourth-order valence-electron chi connectivity index (χ4n) is 4.25. The highest BCUT2D eigenvalue weighted by Gasteiger charge is 2.48. The number of hydrogen-bond acceptors (Lipinski definition) is 3. The molecule has 2 N–H and O–H groups in total. The fourth-order valence-corrected chi connectivity index (χ4v) is 4.25. The lowest BCUT2D eigenvalue weighted by atomic mass is 9.70. The molecule has 2 aliphatic rings. The lowest BCUT2D eigenvalue weighted by Crippen LogP contribution is -2.60. The van der Waals surface area contributed by atoms with E-state index in [1.165, 1.54) is 44.9 Å². The van der Waals surface area contributed by atoms with Crippen LogP contribution in [0.3, 0.4) is 0 Å². The molecule has 2 aliphatic carbocycles. The summed E-state index contributed by atoms with van der Waals surface area (Å²) in [5.74, 6) is 1.84. The first kappa shape index (κ1) is 14.2. The molecule has 2 fully saturated rings. The van der Waals surface area contributed by atoms with Crippen molar-refractivity contribution in [3.8, 4) is 0 Å². The predicted molar refractivity (Wildman–Crippen MR) is 81.3 cm³/mol. The summed E-state index contributed by atoms with van der Waals surface area (Å²) >= 11 is 0. The first-order valence-corrected chi connectivity index (χ1v) is 8.29. The van der Waals surface area contributed by atoms with E-state index < -0.39 is 0 Å². The maximum atomic E-state index is 6.33. The third kappa shape index (κ3) is 2.53. The molecule has 0 amide bonds. The van der Waals surface area contributed by atoms with Gasteiger partial charge in [0.1, 0.15) is 5.76 Å². The molecule has 0 radical (unpaired) electrons. The van der Waals surface area contributed by atoms with Crippen molar-refractivity contribution < 1.29 is 4.42 Å². The minimum absolute atomic E-state index is 0.209. The SMILES string of the molecule is CCC1CCCCC1(CN)N(Cc1ccco1)C1CC1. The minimum atomic E-state index is 0.209. The van der Waals surface area contributed by atoms with E-state index in [4.69, 9.17) is 10.2 Å². The van der Waals surface area contributed by atoms with Gasteiger partial charge in [0, 0.05) is 18.1 Å². The Bertz CT molecular complexity index is 413. The molecule has 1 aromatic rings. The van der Waals surface area contributed by atoms with Gasteiger partial charge in [-0.05, 0) is 43.7 Å². The quantitative estimate of drug-likeness (QED) is 0.864. The van der Waals surface area contributed by atoms with Crippen molar-refractivity contribution in [2.45, 2.75) is 70.0 Å². The molecule has 1 heterocycles. The molecule has 20 heavy (non-hydrogen) atoms. The number of rotatable bonds is 6. The Morgan fingerprint density at radius 2 is 2.20 bits per heavy atom. The zero-order valence-electron chi connectivity index (χ0n) is 12.7. The van der Waals surface area contributed by atoms with Crippen LogP contribution in [0.5, 0.6) is 0 Å². The van der Waals surface area contributed by atoms with E-state index in [2.05, 4.69) is 17.9 Å². The molecule has 112 valence electrons. The highest BCUT2D eigenvalue weighted by atomic mass is 16.3. The normalized spacial score (nSPS) is 30.9. The van der Waals surface area contributed by atoms with E-state index in [-0.39, 0.29) is 5.54 Å². The van der Waals surface area contributed by atoms with Crippen LogP contribution in [0.15, 0.2) is 22.8 Å². The van der Waals surface area contributed by atoms with Crippen LogP contribution in [0, 0.1) is 5.92 Å². The van der Waals surface area contributed by atoms with Crippen LogP contribution in [0.1, 0.15) is 57.6 Å². The van der Waals surface area contributed by atoms with Crippen LogP contribution in [0.4, 0.5) is 0 Å². The van der Waals surface area contributed by atoms with Crippen molar-refractivity contribution in [2.24, 2.45) is 11.7 Å². The Kier molecular flexibility index (Phi) is 4.18. The highest BCUT2D eigenvalue weighted by Crippen LogP contribution is 2.45. The molecule has 2 unspecified atom stereocenters. The van der Waals surface area contributed by atoms with Gasteiger partial charge in [-0.1, -0.05) is 26.2 Å². The van der Waals surface area contributed by atoms with Crippen LogP contribution >= 0.6 is 0 Å². The molecule has 2 saturated carbocycles. The standard InChI is InChI=1S/C17H28N2O/c1-2-14-6-3-4-10-17(14,13-18)19(15-8-9-15)12-16-7-5-11-20-16/h5,7,11,14-15H,2-4,6,8-10,12-13,18H2,1H3.